The van der Waals surface area contributed by atoms with Crippen LogP contribution in [0.3, 0.4) is 0 Å². The molecular formula is C26H52ClNO6. The minimum atomic E-state index is -2.12. The number of unbranched alkanes of at least 4 members (excludes halogenated alkanes) is 13. The molecule has 0 radical (unpaired) electrons. The van der Waals surface area contributed by atoms with Gasteiger partial charge in [-0.25, -0.2) is 0 Å². The summed E-state index contributed by atoms with van der Waals surface area (Å²) in [6.07, 6.45) is 16.6. The van der Waals surface area contributed by atoms with Crippen molar-refractivity contribution in [1.82, 2.24) is 0 Å². The molecule has 0 aliphatic heterocycles. The first-order valence-corrected chi connectivity index (χ1v) is 13.1. The number of ketones is 2. The van der Waals surface area contributed by atoms with Crippen LogP contribution in [0.15, 0.2) is 0 Å². The fourth-order valence-corrected chi connectivity index (χ4v) is 4.48. The van der Waals surface area contributed by atoms with Crippen molar-refractivity contribution in [2.75, 3.05) is 19.8 Å². The van der Waals surface area contributed by atoms with Gasteiger partial charge in [-0.05, 0) is 20.3 Å². The predicted octanol–water partition coefficient (Wildman–Crippen LogP) is -0.285. The summed E-state index contributed by atoms with van der Waals surface area (Å²) in [6, 6.07) is 0. The van der Waals surface area contributed by atoms with Gasteiger partial charge < -0.3 is 38.6 Å². The second-order valence-corrected chi connectivity index (χ2v) is 10.2. The Balaban J connectivity index is 0. The Bertz CT molecular complexity index is 525. The van der Waals surface area contributed by atoms with Gasteiger partial charge in [-0.15, -0.1) is 0 Å². The smallest absolute Gasteiger partial charge is 0.185 e. The van der Waals surface area contributed by atoms with Crippen molar-refractivity contribution in [2.45, 2.75) is 128 Å². The zero-order chi connectivity index (χ0) is 25.4. The number of hydrogen-bond acceptors (Lipinski definition) is 6. The van der Waals surface area contributed by atoms with E-state index in [0.717, 1.165) is 33.1 Å². The molecule has 2 atom stereocenters. The molecule has 0 saturated carbocycles. The average Bonchev–Trinajstić information content (AvgIpc) is 2.81. The van der Waals surface area contributed by atoms with E-state index in [9.17, 15) is 30.0 Å². The van der Waals surface area contributed by atoms with Crippen LogP contribution in [0.4, 0.5) is 0 Å². The summed E-state index contributed by atoms with van der Waals surface area (Å²) in [7, 11) is 0. The van der Waals surface area contributed by atoms with E-state index in [0.29, 0.717) is 6.42 Å². The Morgan fingerprint density at radius 1 is 0.647 bits per heavy atom. The highest BCUT2D eigenvalue weighted by Crippen LogP contribution is 2.35. The number of carbonyl (C=O) groups is 2. The van der Waals surface area contributed by atoms with Crippen LogP contribution < -0.4 is 18.1 Å². The summed E-state index contributed by atoms with van der Waals surface area (Å²) in [4.78, 5) is 26.1. The second-order valence-electron chi connectivity index (χ2n) is 10.2. The normalized spacial score (nSPS) is 16.7. The van der Waals surface area contributed by atoms with Gasteiger partial charge in [0, 0.05) is 0 Å². The van der Waals surface area contributed by atoms with Crippen LogP contribution in [-0.4, -0.2) is 63.0 Å². The zero-order valence-corrected chi connectivity index (χ0v) is 22.7. The van der Waals surface area contributed by atoms with Crippen LogP contribution in [0.1, 0.15) is 117 Å². The molecule has 0 spiro atoms. The van der Waals surface area contributed by atoms with Crippen molar-refractivity contribution in [3.05, 3.63) is 0 Å². The molecule has 0 aromatic carbocycles. The lowest BCUT2D eigenvalue weighted by Crippen LogP contribution is -3.00. The van der Waals surface area contributed by atoms with E-state index in [1.54, 1.807) is 0 Å². The van der Waals surface area contributed by atoms with Crippen LogP contribution in [0, 0.1) is 5.41 Å². The van der Waals surface area contributed by atoms with Crippen LogP contribution in [0.2, 0.25) is 0 Å². The van der Waals surface area contributed by atoms with Crippen LogP contribution in [-0.2, 0) is 9.59 Å². The van der Waals surface area contributed by atoms with Crippen molar-refractivity contribution in [2.24, 2.45) is 5.41 Å². The number of aliphatic hydroxyl groups excluding tert-OH is 2. The Kier molecular flexibility index (Phi) is 19.5. The molecule has 0 heterocycles. The lowest BCUT2D eigenvalue weighted by atomic mass is 9.66. The van der Waals surface area contributed by atoms with Gasteiger partial charge in [0.15, 0.2) is 11.6 Å². The minimum absolute atomic E-state index is 0. The third kappa shape index (κ3) is 11.9. The van der Waals surface area contributed by atoms with Crippen molar-refractivity contribution >= 4 is 11.6 Å². The summed E-state index contributed by atoms with van der Waals surface area (Å²) >= 11 is 0. The molecule has 0 rings (SSSR count). The maximum absolute atomic E-state index is 13.1. The van der Waals surface area contributed by atoms with Crippen molar-refractivity contribution in [3.8, 4) is 0 Å². The van der Waals surface area contributed by atoms with Gasteiger partial charge >= 0.3 is 0 Å². The summed E-state index contributed by atoms with van der Waals surface area (Å²) in [5, 5.41) is 39.6. The summed E-state index contributed by atoms with van der Waals surface area (Å²) in [5.74, 6) is -1.69. The van der Waals surface area contributed by atoms with Gasteiger partial charge in [0.1, 0.15) is 16.6 Å². The molecule has 34 heavy (non-hydrogen) atoms. The van der Waals surface area contributed by atoms with Crippen molar-refractivity contribution < 1.29 is 48.2 Å². The first-order valence-electron chi connectivity index (χ1n) is 13.1. The van der Waals surface area contributed by atoms with Gasteiger partial charge in [-0.1, -0.05) is 96.8 Å². The Labute approximate surface area is 213 Å². The van der Waals surface area contributed by atoms with Crippen molar-refractivity contribution in [3.63, 3.8) is 0 Å². The molecular weight excluding hydrogens is 458 g/mol. The largest absolute Gasteiger partial charge is 1.00 e. The fourth-order valence-electron chi connectivity index (χ4n) is 4.48. The molecule has 2 unspecified atom stereocenters. The molecule has 0 bridgehead atoms. The lowest BCUT2D eigenvalue weighted by molar-refractivity contribution is -0.385. The predicted molar refractivity (Wildman–Crippen MR) is 131 cm³/mol. The number of Topliss-reactive ketones (excluding diaryl/α,β-unsaturated/α-hetero) is 2. The molecule has 0 aromatic rings. The summed E-state index contributed by atoms with van der Waals surface area (Å²) in [6.45, 7) is 2.73. The van der Waals surface area contributed by atoms with E-state index >= 15 is 0 Å². The van der Waals surface area contributed by atoms with E-state index in [1.807, 2.05) is 0 Å². The highest BCUT2D eigenvalue weighted by Gasteiger charge is 2.56. The summed E-state index contributed by atoms with van der Waals surface area (Å²) in [5.41, 5.74) is -2.22. The molecule has 0 aromatic heterocycles. The molecule has 7 N–H and O–H groups in total. The van der Waals surface area contributed by atoms with E-state index in [4.69, 9.17) is 0 Å². The van der Waals surface area contributed by atoms with Crippen molar-refractivity contribution in [1.29, 1.82) is 0 Å². The minimum Gasteiger partial charge on any atom is -1.00 e. The van der Waals surface area contributed by atoms with Gasteiger partial charge in [0.05, 0.1) is 19.8 Å². The molecule has 0 saturated heterocycles. The lowest BCUT2D eigenvalue weighted by Gasteiger charge is -2.37. The third-order valence-corrected chi connectivity index (χ3v) is 6.85. The quantitative estimate of drug-likeness (QED) is 0.100. The number of hydrogen-bond donors (Lipinski definition) is 5. The van der Waals surface area contributed by atoms with Crippen LogP contribution >= 0.6 is 0 Å². The van der Waals surface area contributed by atoms with Gasteiger partial charge in [-0.3, -0.25) is 9.59 Å². The third-order valence-electron chi connectivity index (χ3n) is 6.85. The summed E-state index contributed by atoms with van der Waals surface area (Å²) < 4.78 is 0. The number of aliphatic hydroxyl groups is 4. The zero-order valence-electron chi connectivity index (χ0n) is 21.9. The number of carbonyl (C=O) groups excluding carboxylic acids is 2. The monoisotopic (exact) mass is 509 g/mol. The van der Waals surface area contributed by atoms with E-state index in [2.05, 4.69) is 12.7 Å². The number of quaternary nitrogens is 1. The highest BCUT2D eigenvalue weighted by molar-refractivity contribution is 6.13. The molecule has 7 nitrogen and oxygen atoms in total. The second kappa shape index (κ2) is 18.7. The molecule has 0 aliphatic carbocycles. The molecule has 0 fully saturated rings. The first-order chi connectivity index (χ1) is 15.6. The molecule has 0 amide bonds. The van der Waals surface area contributed by atoms with Gasteiger partial charge in [0.25, 0.3) is 0 Å². The van der Waals surface area contributed by atoms with Gasteiger partial charge in [-0.2, -0.15) is 0 Å². The topological polar surface area (TPSA) is 143 Å². The average molecular weight is 510 g/mol. The maximum Gasteiger partial charge on any atom is 0.185 e. The molecule has 0 aliphatic rings. The first kappa shape index (κ1) is 35.6. The van der Waals surface area contributed by atoms with Gasteiger partial charge in [0.2, 0.25) is 0 Å². The Hall–Kier alpha value is -0.570. The SMILES string of the molecule is CCCCCCCCCCCCCCCCC(C[NH3+])(C(=O)C(C)(O)CO)C(=O)C(C)(O)CO.[Cl-]. The van der Waals surface area contributed by atoms with E-state index < -0.39 is 41.4 Å². The Morgan fingerprint density at radius 3 is 1.21 bits per heavy atom. The Morgan fingerprint density at radius 2 is 0.941 bits per heavy atom. The highest BCUT2D eigenvalue weighted by atomic mass is 35.5. The molecule has 8 heteroatoms. The van der Waals surface area contributed by atoms with E-state index in [1.165, 1.54) is 64.2 Å². The van der Waals surface area contributed by atoms with Crippen LogP contribution in [0.5, 0.6) is 0 Å². The van der Waals surface area contributed by atoms with E-state index in [-0.39, 0.29) is 25.4 Å². The molecule has 204 valence electrons. The fraction of sp³-hybridized carbons (Fsp3) is 0.923. The van der Waals surface area contributed by atoms with Crippen LogP contribution in [0.25, 0.3) is 0 Å². The maximum atomic E-state index is 13.1. The number of rotatable bonds is 22. The standard InChI is InChI=1S/C26H51NO6.ClH/c1-4-5-6-7-8-9-10-11-12-13-14-15-16-17-18-26(19-27,22(30)24(2,32)20-28)23(31)25(3,33)21-29;/h28-29,32-33H,4-21,27H2,1-3H3;1H. The number of halogens is 1.